The maximum absolute atomic E-state index is 12.8. The summed E-state index contributed by atoms with van der Waals surface area (Å²) in [6, 6.07) is 13.0. The molecule has 2 aromatic carbocycles. The molecule has 0 radical (unpaired) electrons. The summed E-state index contributed by atoms with van der Waals surface area (Å²) in [5.74, 6) is 0.479. The average Bonchev–Trinajstić information content (AvgIpc) is 3.28. The second kappa shape index (κ2) is 9.04. The summed E-state index contributed by atoms with van der Waals surface area (Å²) >= 11 is 7.86. The van der Waals surface area contributed by atoms with E-state index in [-0.39, 0.29) is 18.4 Å². The number of methoxy groups -OCH3 is 2. The van der Waals surface area contributed by atoms with Crippen LogP contribution in [0, 0.1) is 0 Å². The number of rotatable bonds is 6. The molecule has 0 aliphatic carbocycles. The number of para-hydroxylation sites is 1. The molecule has 0 unspecified atom stereocenters. The van der Waals surface area contributed by atoms with Crippen molar-refractivity contribution in [3.63, 3.8) is 0 Å². The molecule has 7 nitrogen and oxygen atoms in total. The number of hydrogen-bond donors (Lipinski definition) is 1. The zero-order chi connectivity index (χ0) is 22.0. The van der Waals surface area contributed by atoms with Crippen molar-refractivity contribution in [2.75, 3.05) is 26.1 Å². The molecule has 1 aromatic heterocycles. The number of amides is 2. The first kappa shape index (κ1) is 21.3. The lowest BCUT2D eigenvalue weighted by Gasteiger charge is -2.13. The molecule has 0 bridgehead atoms. The maximum Gasteiger partial charge on any atom is 0.266 e. The first-order valence-corrected chi connectivity index (χ1v) is 11.2. The molecule has 1 N–H and O–H groups in total. The van der Waals surface area contributed by atoms with Gasteiger partial charge in [0.05, 0.1) is 29.3 Å². The molecular weight excluding hydrogens is 454 g/mol. The number of carbonyl (C=O) groups is 2. The van der Waals surface area contributed by atoms with Gasteiger partial charge in [0.15, 0.2) is 16.6 Å². The highest BCUT2D eigenvalue weighted by Gasteiger charge is 2.33. The minimum atomic E-state index is -0.359. The molecule has 158 valence electrons. The summed E-state index contributed by atoms with van der Waals surface area (Å²) in [6.45, 7) is -0.177. The van der Waals surface area contributed by atoms with Gasteiger partial charge in [0.25, 0.3) is 5.91 Å². The van der Waals surface area contributed by atoms with E-state index in [0.29, 0.717) is 25.9 Å². The maximum atomic E-state index is 12.8. The number of nitrogens with zero attached hydrogens (tertiary/aromatic N) is 2. The Morgan fingerprint density at radius 2 is 1.97 bits per heavy atom. The van der Waals surface area contributed by atoms with Crippen molar-refractivity contribution in [2.45, 2.75) is 0 Å². The quantitative estimate of drug-likeness (QED) is 0.427. The molecule has 0 saturated carbocycles. The van der Waals surface area contributed by atoms with E-state index in [1.807, 2.05) is 30.3 Å². The molecule has 1 aliphatic heterocycles. The highest BCUT2D eigenvalue weighted by Crippen LogP contribution is 2.34. The Bertz CT molecular complexity index is 1190. The molecule has 31 heavy (non-hydrogen) atoms. The molecule has 2 heterocycles. The molecule has 10 heteroatoms. The van der Waals surface area contributed by atoms with Gasteiger partial charge in [-0.1, -0.05) is 53.5 Å². The van der Waals surface area contributed by atoms with Gasteiger partial charge >= 0.3 is 0 Å². The third kappa shape index (κ3) is 4.55. The Labute approximate surface area is 192 Å². The highest BCUT2D eigenvalue weighted by atomic mass is 32.2. The smallest absolute Gasteiger partial charge is 0.266 e. The van der Waals surface area contributed by atoms with Gasteiger partial charge in [0.2, 0.25) is 5.91 Å². The van der Waals surface area contributed by atoms with Crippen molar-refractivity contribution in [2.24, 2.45) is 0 Å². The van der Waals surface area contributed by atoms with Crippen molar-refractivity contribution >= 4 is 72.9 Å². The van der Waals surface area contributed by atoms with Crippen molar-refractivity contribution in [1.82, 2.24) is 9.88 Å². The number of hydrogen-bond acceptors (Lipinski definition) is 8. The van der Waals surface area contributed by atoms with Crippen LogP contribution in [0.3, 0.4) is 0 Å². The van der Waals surface area contributed by atoms with E-state index in [1.54, 1.807) is 32.4 Å². The number of carbonyl (C=O) groups excluding carboxylic acids is 2. The fourth-order valence-corrected chi connectivity index (χ4v) is 5.10. The first-order valence-electron chi connectivity index (χ1n) is 9.11. The molecule has 2 amide bonds. The van der Waals surface area contributed by atoms with Gasteiger partial charge < -0.3 is 14.8 Å². The lowest BCUT2D eigenvalue weighted by atomic mass is 10.2. The third-order valence-electron chi connectivity index (χ3n) is 4.42. The van der Waals surface area contributed by atoms with Crippen LogP contribution in [0.1, 0.15) is 5.56 Å². The predicted molar refractivity (Wildman–Crippen MR) is 128 cm³/mol. The number of anilines is 1. The fraction of sp³-hybridized carbons (Fsp3) is 0.143. The summed E-state index contributed by atoms with van der Waals surface area (Å²) in [6.07, 6.45) is 1.71. The number of thiazole rings is 1. The van der Waals surface area contributed by atoms with Crippen LogP contribution in [0.4, 0.5) is 5.13 Å². The normalized spacial score (nSPS) is 15.0. The van der Waals surface area contributed by atoms with Gasteiger partial charge in [0, 0.05) is 0 Å². The van der Waals surface area contributed by atoms with Crippen LogP contribution in [0.2, 0.25) is 0 Å². The van der Waals surface area contributed by atoms with E-state index in [0.717, 1.165) is 27.5 Å². The third-order valence-corrected chi connectivity index (χ3v) is 6.75. The zero-order valence-corrected chi connectivity index (χ0v) is 19.0. The number of ether oxygens (including phenoxy) is 2. The molecule has 1 aliphatic rings. The van der Waals surface area contributed by atoms with E-state index in [1.165, 1.54) is 16.2 Å². The Kier molecular flexibility index (Phi) is 6.21. The van der Waals surface area contributed by atoms with E-state index >= 15 is 0 Å². The Hall–Kier alpha value is -2.95. The average molecular weight is 472 g/mol. The van der Waals surface area contributed by atoms with Crippen LogP contribution in [0.5, 0.6) is 11.5 Å². The summed E-state index contributed by atoms with van der Waals surface area (Å²) in [4.78, 5) is 31.4. The lowest BCUT2D eigenvalue weighted by Crippen LogP contribution is -2.36. The number of fused-ring (bicyclic) bond motifs is 1. The summed E-state index contributed by atoms with van der Waals surface area (Å²) in [5.41, 5.74) is 1.57. The lowest BCUT2D eigenvalue weighted by molar-refractivity contribution is -0.126. The topological polar surface area (TPSA) is 80.8 Å². The molecule has 0 atom stereocenters. The Morgan fingerprint density at radius 3 is 2.71 bits per heavy atom. The summed E-state index contributed by atoms with van der Waals surface area (Å²) < 4.78 is 11.8. The predicted octanol–water partition coefficient (Wildman–Crippen LogP) is 4.15. The van der Waals surface area contributed by atoms with E-state index < -0.39 is 0 Å². The monoisotopic (exact) mass is 471 g/mol. The number of thioether (sulfide) groups is 1. The van der Waals surface area contributed by atoms with Gasteiger partial charge in [-0.3, -0.25) is 14.5 Å². The van der Waals surface area contributed by atoms with Crippen molar-refractivity contribution < 1.29 is 19.1 Å². The van der Waals surface area contributed by atoms with Gasteiger partial charge in [-0.2, -0.15) is 0 Å². The molecule has 4 rings (SSSR count). The molecule has 1 fully saturated rings. The fourth-order valence-electron chi connectivity index (χ4n) is 2.96. The first-order chi connectivity index (χ1) is 15.0. The Balaban J connectivity index is 1.46. The van der Waals surface area contributed by atoms with Gasteiger partial charge in [-0.25, -0.2) is 4.98 Å². The van der Waals surface area contributed by atoms with E-state index in [4.69, 9.17) is 21.7 Å². The molecule has 3 aromatic rings. The van der Waals surface area contributed by atoms with Crippen LogP contribution in [-0.4, -0.2) is 46.8 Å². The number of benzene rings is 2. The van der Waals surface area contributed by atoms with Gasteiger partial charge in [0.1, 0.15) is 10.9 Å². The second-order valence-corrected chi connectivity index (χ2v) is 9.12. The van der Waals surface area contributed by atoms with Crippen molar-refractivity contribution in [3.8, 4) is 11.5 Å². The van der Waals surface area contributed by atoms with Crippen LogP contribution in [-0.2, 0) is 9.59 Å². The summed E-state index contributed by atoms with van der Waals surface area (Å²) in [5, 5.41) is 3.23. The molecular formula is C21H17N3O4S3. The Morgan fingerprint density at radius 1 is 1.19 bits per heavy atom. The number of thiocarbonyl (C=S) groups is 1. The highest BCUT2D eigenvalue weighted by molar-refractivity contribution is 8.26. The standard InChI is InChI=1S/C21H17N3O4S3/c1-27-14-8-7-12(9-15(14)28-2)10-17-19(26)24(21(29)31-17)11-18(25)23-20-22-13-5-3-4-6-16(13)30-20/h3-10H,11H2,1-2H3,(H,22,23,25). The van der Waals surface area contributed by atoms with Crippen molar-refractivity contribution in [3.05, 3.63) is 52.9 Å². The van der Waals surface area contributed by atoms with Crippen molar-refractivity contribution in [1.29, 1.82) is 0 Å². The minimum Gasteiger partial charge on any atom is -0.493 e. The van der Waals surface area contributed by atoms with Crippen LogP contribution < -0.4 is 14.8 Å². The van der Waals surface area contributed by atoms with E-state index in [9.17, 15) is 9.59 Å². The SMILES string of the molecule is COc1ccc(C=C2SC(=S)N(CC(=O)Nc3nc4ccccc4s3)C2=O)cc1OC. The number of aromatic nitrogens is 1. The molecule has 1 saturated heterocycles. The molecule has 0 spiro atoms. The van der Waals surface area contributed by atoms with Gasteiger partial charge in [-0.15, -0.1) is 0 Å². The minimum absolute atomic E-state index is 0.177. The van der Waals surface area contributed by atoms with Crippen LogP contribution >= 0.6 is 35.3 Å². The number of nitrogens with one attached hydrogen (secondary N) is 1. The van der Waals surface area contributed by atoms with Crippen LogP contribution in [0.15, 0.2) is 47.4 Å². The summed E-state index contributed by atoms with van der Waals surface area (Å²) in [7, 11) is 3.10. The van der Waals surface area contributed by atoms with Gasteiger partial charge in [-0.05, 0) is 35.9 Å². The second-order valence-electron chi connectivity index (χ2n) is 6.42. The largest absolute Gasteiger partial charge is 0.493 e. The van der Waals surface area contributed by atoms with Crippen LogP contribution in [0.25, 0.3) is 16.3 Å². The van der Waals surface area contributed by atoms with E-state index in [2.05, 4.69) is 10.3 Å². The zero-order valence-electron chi connectivity index (χ0n) is 16.6.